The van der Waals surface area contributed by atoms with Crippen LogP contribution in [0.3, 0.4) is 0 Å². The highest BCUT2D eigenvalue weighted by molar-refractivity contribution is 5.77. The van der Waals surface area contributed by atoms with Crippen LogP contribution in [0.4, 0.5) is 0 Å². The van der Waals surface area contributed by atoms with Crippen LogP contribution in [0.25, 0.3) is 11.0 Å². The van der Waals surface area contributed by atoms with Crippen LogP contribution in [0.1, 0.15) is 17.8 Å². The number of nitrogens with one attached hydrogen (secondary N) is 1. The lowest BCUT2D eigenvalue weighted by Gasteiger charge is -2.12. The molecule has 1 aromatic heterocycles. The summed E-state index contributed by atoms with van der Waals surface area (Å²) in [5.41, 5.74) is 3.09. The zero-order valence-corrected chi connectivity index (χ0v) is 18.2. The van der Waals surface area contributed by atoms with Gasteiger partial charge in [-0.1, -0.05) is 48.5 Å². The van der Waals surface area contributed by atoms with E-state index in [4.69, 9.17) is 14.5 Å². The zero-order valence-electron chi connectivity index (χ0n) is 18.2. The molecule has 0 saturated heterocycles. The first kappa shape index (κ1) is 21.4. The van der Waals surface area contributed by atoms with Gasteiger partial charge < -0.3 is 19.4 Å². The van der Waals surface area contributed by atoms with Crippen molar-refractivity contribution in [1.82, 2.24) is 14.9 Å². The Labute approximate surface area is 187 Å². The Hall–Kier alpha value is -3.80. The second kappa shape index (κ2) is 10.5. The number of aryl methyl sites for hydroxylation is 1. The first-order chi connectivity index (χ1) is 15.7. The molecular weight excluding hydrogens is 402 g/mol. The monoisotopic (exact) mass is 429 g/mol. The maximum atomic E-state index is 12.4. The number of carbonyl (C=O) groups excluding carboxylic acids is 1. The van der Waals surface area contributed by atoms with Crippen LogP contribution in [0.2, 0.25) is 0 Å². The second-order valence-corrected chi connectivity index (χ2v) is 7.46. The molecule has 0 fully saturated rings. The van der Waals surface area contributed by atoms with Crippen LogP contribution in [-0.2, 0) is 24.3 Å². The van der Waals surface area contributed by atoms with Crippen molar-refractivity contribution in [3.8, 4) is 11.5 Å². The molecule has 0 radical (unpaired) electrons. The van der Waals surface area contributed by atoms with Gasteiger partial charge in [0, 0.05) is 12.5 Å². The van der Waals surface area contributed by atoms with Crippen molar-refractivity contribution >= 4 is 16.9 Å². The number of para-hydroxylation sites is 2. The summed E-state index contributed by atoms with van der Waals surface area (Å²) in [6.45, 7) is 1.47. The number of nitrogens with zero attached hydrogens (tertiary/aromatic N) is 2. The summed E-state index contributed by atoms with van der Waals surface area (Å²) in [6, 6.07) is 25.6. The van der Waals surface area contributed by atoms with Gasteiger partial charge >= 0.3 is 0 Å². The van der Waals surface area contributed by atoms with E-state index in [1.165, 1.54) is 0 Å². The largest absolute Gasteiger partial charge is 0.497 e. The molecule has 0 spiro atoms. The Balaban J connectivity index is 1.39. The molecule has 164 valence electrons. The standard InChI is InChI=1S/C26H27N3O3/c1-31-21-10-7-11-22(18-21)32-17-16-29-24-13-6-5-12-23(24)28-25(29)19-27-26(30)15-14-20-8-3-2-4-9-20/h2-13,18H,14-17,19H2,1H3,(H,27,30). The van der Waals surface area contributed by atoms with Crippen LogP contribution < -0.4 is 14.8 Å². The van der Waals surface area contributed by atoms with Crippen molar-refractivity contribution < 1.29 is 14.3 Å². The third kappa shape index (κ3) is 5.46. The molecule has 0 aliphatic heterocycles. The van der Waals surface area contributed by atoms with Crippen LogP contribution >= 0.6 is 0 Å². The number of methoxy groups -OCH3 is 1. The molecule has 0 saturated carbocycles. The van der Waals surface area contributed by atoms with Gasteiger partial charge in [0.05, 0.1) is 31.2 Å². The third-order valence-electron chi connectivity index (χ3n) is 5.29. The van der Waals surface area contributed by atoms with E-state index < -0.39 is 0 Å². The molecule has 0 aliphatic carbocycles. The van der Waals surface area contributed by atoms with E-state index >= 15 is 0 Å². The van der Waals surface area contributed by atoms with Gasteiger partial charge in [0.25, 0.3) is 0 Å². The van der Waals surface area contributed by atoms with Crippen LogP contribution in [-0.4, -0.2) is 29.2 Å². The SMILES string of the molecule is COc1cccc(OCCn2c(CNC(=O)CCc3ccccc3)nc3ccccc32)c1. The van der Waals surface area contributed by atoms with Gasteiger partial charge in [-0.2, -0.15) is 0 Å². The molecule has 6 nitrogen and oxygen atoms in total. The van der Waals surface area contributed by atoms with Gasteiger partial charge in [-0.05, 0) is 36.2 Å². The minimum Gasteiger partial charge on any atom is -0.497 e. The topological polar surface area (TPSA) is 65.4 Å². The number of aromatic nitrogens is 2. The van der Waals surface area contributed by atoms with E-state index in [9.17, 15) is 4.79 Å². The molecule has 4 rings (SSSR count). The van der Waals surface area contributed by atoms with Crippen molar-refractivity contribution in [3.05, 3.63) is 90.3 Å². The number of fused-ring (bicyclic) bond motifs is 1. The van der Waals surface area contributed by atoms with E-state index in [-0.39, 0.29) is 5.91 Å². The molecular formula is C26H27N3O3. The maximum Gasteiger partial charge on any atom is 0.220 e. The van der Waals surface area contributed by atoms with Gasteiger partial charge in [0.15, 0.2) is 0 Å². The van der Waals surface area contributed by atoms with E-state index in [0.717, 1.165) is 40.3 Å². The minimum atomic E-state index is 0.0140. The van der Waals surface area contributed by atoms with Crippen LogP contribution in [0.15, 0.2) is 78.9 Å². The quantitative estimate of drug-likeness (QED) is 0.407. The highest BCUT2D eigenvalue weighted by atomic mass is 16.5. The predicted molar refractivity (Wildman–Crippen MR) is 125 cm³/mol. The van der Waals surface area contributed by atoms with E-state index in [1.807, 2.05) is 78.9 Å². The van der Waals surface area contributed by atoms with Gasteiger partial charge in [-0.25, -0.2) is 4.98 Å². The summed E-state index contributed by atoms with van der Waals surface area (Å²) in [4.78, 5) is 17.1. The van der Waals surface area contributed by atoms with Crippen LogP contribution in [0.5, 0.6) is 11.5 Å². The number of hydrogen-bond acceptors (Lipinski definition) is 4. The fourth-order valence-electron chi connectivity index (χ4n) is 3.62. The average Bonchev–Trinajstić information content (AvgIpc) is 3.20. The first-order valence-electron chi connectivity index (χ1n) is 10.7. The molecule has 0 unspecified atom stereocenters. The Morgan fingerprint density at radius 3 is 2.59 bits per heavy atom. The van der Waals surface area contributed by atoms with Crippen molar-refractivity contribution in [2.75, 3.05) is 13.7 Å². The molecule has 6 heteroatoms. The summed E-state index contributed by atoms with van der Waals surface area (Å²) >= 11 is 0. The molecule has 0 bridgehead atoms. The van der Waals surface area contributed by atoms with Gasteiger partial charge in [-0.15, -0.1) is 0 Å². The summed E-state index contributed by atoms with van der Waals surface area (Å²) in [5, 5.41) is 3.01. The highest BCUT2D eigenvalue weighted by Crippen LogP contribution is 2.20. The smallest absolute Gasteiger partial charge is 0.220 e. The number of ether oxygens (including phenoxy) is 2. The van der Waals surface area contributed by atoms with Gasteiger partial charge in [0.1, 0.15) is 23.9 Å². The van der Waals surface area contributed by atoms with Crippen molar-refractivity contribution in [2.45, 2.75) is 25.9 Å². The lowest BCUT2D eigenvalue weighted by atomic mass is 10.1. The molecule has 3 aromatic carbocycles. The number of carbonyl (C=O) groups is 1. The third-order valence-corrected chi connectivity index (χ3v) is 5.29. The summed E-state index contributed by atoms with van der Waals surface area (Å²) in [7, 11) is 1.64. The normalized spacial score (nSPS) is 10.8. The highest BCUT2D eigenvalue weighted by Gasteiger charge is 2.12. The number of amides is 1. The van der Waals surface area contributed by atoms with Crippen LogP contribution in [0, 0.1) is 0 Å². The maximum absolute atomic E-state index is 12.4. The molecule has 4 aromatic rings. The van der Waals surface area contributed by atoms with E-state index in [0.29, 0.717) is 26.1 Å². The molecule has 1 N–H and O–H groups in total. The number of hydrogen-bond donors (Lipinski definition) is 1. The Kier molecular flexibility index (Phi) is 7.02. The Morgan fingerprint density at radius 1 is 0.969 bits per heavy atom. The molecule has 1 amide bonds. The zero-order chi connectivity index (χ0) is 22.2. The minimum absolute atomic E-state index is 0.0140. The molecule has 32 heavy (non-hydrogen) atoms. The van der Waals surface area contributed by atoms with E-state index in [1.54, 1.807) is 7.11 Å². The van der Waals surface area contributed by atoms with Crippen molar-refractivity contribution in [1.29, 1.82) is 0 Å². The molecule has 0 aliphatic rings. The van der Waals surface area contributed by atoms with Gasteiger partial charge in [-0.3, -0.25) is 4.79 Å². The Morgan fingerprint density at radius 2 is 1.75 bits per heavy atom. The van der Waals surface area contributed by atoms with Crippen molar-refractivity contribution in [2.24, 2.45) is 0 Å². The summed E-state index contributed by atoms with van der Waals surface area (Å²) < 4.78 is 13.3. The van der Waals surface area contributed by atoms with Gasteiger partial charge in [0.2, 0.25) is 5.91 Å². The van der Waals surface area contributed by atoms with E-state index in [2.05, 4.69) is 9.88 Å². The second-order valence-electron chi connectivity index (χ2n) is 7.46. The Bertz CT molecular complexity index is 1170. The summed E-state index contributed by atoms with van der Waals surface area (Å²) in [5.74, 6) is 2.34. The predicted octanol–water partition coefficient (Wildman–Crippen LogP) is 4.37. The lowest BCUT2D eigenvalue weighted by molar-refractivity contribution is -0.121. The lowest BCUT2D eigenvalue weighted by Crippen LogP contribution is -2.25. The number of imidazole rings is 1. The number of rotatable bonds is 10. The number of benzene rings is 3. The average molecular weight is 430 g/mol. The first-order valence-corrected chi connectivity index (χ1v) is 10.7. The summed E-state index contributed by atoms with van der Waals surface area (Å²) in [6.07, 6.45) is 1.17. The molecule has 0 atom stereocenters. The fraction of sp³-hybridized carbons (Fsp3) is 0.231. The fourth-order valence-corrected chi connectivity index (χ4v) is 3.62. The van der Waals surface area contributed by atoms with Crippen molar-refractivity contribution in [3.63, 3.8) is 0 Å². The molecule has 1 heterocycles.